The van der Waals surface area contributed by atoms with Crippen LogP contribution in [0.2, 0.25) is 0 Å². The van der Waals surface area contributed by atoms with Crippen molar-refractivity contribution < 1.29 is 50.2 Å². The van der Waals surface area contributed by atoms with E-state index in [0.717, 1.165) is 24.3 Å². The number of anilines is 2. The molecule has 0 radical (unpaired) electrons. The first kappa shape index (κ1) is 47.0. The van der Waals surface area contributed by atoms with Crippen LogP contribution in [0.4, 0.5) is 39.2 Å². The molecule has 60 heavy (non-hydrogen) atoms. The molecule has 0 aliphatic carbocycles. The first-order valence-electron chi connectivity index (χ1n) is 18.5. The second-order valence-electron chi connectivity index (χ2n) is 16.2. The summed E-state index contributed by atoms with van der Waals surface area (Å²) in [5, 5.41) is 11.3. The van der Waals surface area contributed by atoms with E-state index in [1.54, 1.807) is 47.6 Å². The van der Waals surface area contributed by atoms with Crippen LogP contribution in [-0.2, 0) is 29.6 Å². The molecule has 4 rings (SSSR count). The summed E-state index contributed by atoms with van der Waals surface area (Å²) in [6, 6.07) is 7.13. The quantitative estimate of drug-likeness (QED) is 0.0622. The third kappa shape index (κ3) is 13.7. The van der Waals surface area contributed by atoms with Crippen molar-refractivity contribution >= 4 is 51.3 Å². The minimum atomic E-state index is -4.91. The lowest BCUT2D eigenvalue weighted by atomic mass is 9.98. The monoisotopic (exact) mass is 878 g/mol. The zero-order chi connectivity index (χ0) is 44.6. The van der Waals surface area contributed by atoms with Crippen LogP contribution >= 0.6 is 11.3 Å². The molecule has 0 aliphatic heterocycles. The van der Waals surface area contributed by atoms with Gasteiger partial charge in [-0.1, -0.05) is 32.9 Å². The number of sulfonamides is 1. The van der Waals surface area contributed by atoms with E-state index in [2.05, 4.69) is 31.2 Å². The third-order valence-electron chi connectivity index (χ3n) is 7.57. The van der Waals surface area contributed by atoms with Gasteiger partial charge in [-0.25, -0.2) is 50.9 Å². The highest BCUT2D eigenvalue weighted by Gasteiger charge is 2.29. The molecule has 2 heterocycles. The number of benzene rings is 2. The number of nitrogens with zero attached hydrogens (tertiary/aromatic N) is 3. The molecule has 16 nitrogen and oxygen atoms in total. The summed E-state index contributed by atoms with van der Waals surface area (Å²) < 4.78 is 88.9. The SMILES string of the molecule is CC(C)(C)OC(=O)NCCOC(=O)N[C@@H](CNC(=O)OC(C)(C)C)CNc1nccc(-c2sc(C(C)(C)C)nc2-c2cccc(NS(=O)(=O)c3c(F)cccc3F)c2F)n1. The molecular formula is C39H49F3N8O8S2. The Hall–Kier alpha value is -5.70. The van der Waals surface area contributed by atoms with Crippen LogP contribution < -0.4 is 26.0 Å². The third-order valence-corrected chi connectivity index (χ3v) is 10.5. The molecule has 0 unspecified atom stereocenters. The van der Waals surface area contributed by atoms with Crippen molar-refractivity contribution in [2.75, 3.05) is 36.3 Å². The van der Waals surface area contributed by atoms with Gasteiger partial charge < -0.3 is 35.5 Å². The lowest BCUT2D eigenvalue weighted by Gasteiger charge is -2.23. The number of hydrogen-bond acceptors (Lipinski definition) is 13. The Morgan fingerprint density at radius 2 is 1.42 bits per heavy atom. The summed E-state index contributed by atoms with van der Waals surface area (Å²) in [4.78, 5) is 49.9. The number of rotatable bonds is 14. The van der Waals surface area contributed by atoms with Crippen LogP contribution in [0.1, 0.15) is 67.3 Å². The molecule has 2 aromatic carbocycles. The molecule has 0 aliphatic rings. The Bertz CT molecular complexity index is 2270. The minimum Gasteiger partial charge on any atom is -0.448 e. The molecule has 21 heteroatoms. The molecule has 4 aromatic rings. The van der Waals surface area contributed by atoms with E-state index < -0.39 is 79.0 Å². The van der Waals surface area contributed by atoms with E-state index in [9.17, 15) is 31.6 Å². The van der Waals surface area contributed by atoms with Crippen LogP contribution in [0.25, 0.3) is 21.8 Å². The number of alkyl carbamates (subject to hydrolysis) is 3. The molecule has 5 N–H and O–H groups in total. The van der Waals surface area contributed by atoms with Crippen molar-refractivity contribution in [2.45, 2.75) is 89.9 Å². The standard InChI is InChI=1S/C39H49F3N8O8S2/c1-37(2,3)32-49-29(23-12-10-15-26(28(23)42)50-60(54,55)31-24(40)13-11-14-25(31)41)30(59-32)27-16-17-43-33(48-27)45-20-22(21-46-35(52)58-39(7,8)9)47-36(53)56-19-18-44-34(51)57-38(4,5)6/h10-17,22,50H,18-21H2,1-9H3,(H,44,51)(H,46,52)(H,47,53)(H,43,45,48)/t22-/m1/s1. The minimum absolute atomic E-state index is 0.0318. The van der Waals surface area contributed by atoms with Gasteiger partial charge >= 0.3 is 18.3 Å². The van der Waals surface area contributed by atoms with Crippen molar-refractivity contribution in [1.29, 1.82) is 0 Å². The first-order chi connectivity index (χ1) is 27.8. The molecule has 0 saturated carbocycles. The molecular weight excluding hydrogens is 830 g/mol. The number of amides is 3. The zero-order valence-corrected chi connectivity index (χ0v) is 36.2. The summed E-state index contributed by atoms with van der Waals surface area (Å²) >= 11 is 1.21. The first-order valence-corrected chi connectivity index (χ1v) is 20.8. The number of thiazole rings is 1. The van der Waals surface area contributed by atoms with E-state index in [1.807, 2.05) is 25.5 Å². The van der Waals surface area contributed by atoms with Gasteiger partial charge in [0.1, 0.15) is 29.4 Å². The highest BCUT2D eigenvalue weighted by atomic mass is 32.2. The summed E-state index contributed by atoms with van der Waals surface area (Å²) in [5.41, 5.74) is -2.33. The van der Waals surface area contributed by atoms with Crippen LogP contribution in [0.15, 0.2) is 53.6 Å². The second kappa shape index (κ2) is 19.1. The van der Waals surface area contributed by atoms with Crippen molar-refractivity contribution in [3.63, 3.8) is 0 Å². The number of carbonyl (C=O) groups excluding carboxylic acids is 3. The van der Waals surface area contributed by atoms with Crippen molar-refractivity contribution in [3.05, 3.63) is 71.1 Å². The fourth-order valence-corrected chi connectivity index (χ4v) is 7.33. The van der Waals surface area contributed by atoms with E-state index >= 15 is 4.39 Å². The molecule has 2 aromatic heterocycles. The smallest absolute Gasteiger partial charge is 0.407 e. The van der Waals surface area contributed by atoms with Gasteiger partial charge in [0.2, 0.25) is 5.95 Å². The van der Waals surface area contributed by atoms with Crippen molar-refractivity contribution in [3.8, 4) is 21.8 Å². The summed E-state index contributed by atoms with van der Waals surface area (Å²) in [7, 11) is -4.91. The van der Waals surface area contributed by atoms with E-state index in [0.29, 0.717) is 15.6 Å². The molecule has 0 bridgehead atoms. The van der Waals surface area contributed by atoms with Crippen LogP contribution in [-0.4, -0.2) is 85.1 Å². The Morgan fingerprint density at radius 3 is 2.03 bits per heavy atom. The Labute approximate surface area is 350 Å². The van der Waals surface area contributed by atoms with Crippen LogP contribution in [0.5, 0.6) is 0 Å². The van der Waals surface area contributed by atoms with Crippen LogP contribution in [0.3, 0.4) is 0 Å². The number of nitrogens with one attached hydrogen (secondary N) is 5. The van der Waals surface area contributed by atoms with Gasteiger partial charge in [0.05, 0.1) is 39.5 Å². The normalized spacial score (nSPS) is 12.5. The van der Waals surface area contributed by atoms with Crippen molar-refractivity contribution in [2.24, 2.45) is 0 Å². The number of ether oxygens (including phenoxy) is 3. The van der Waals surface area contributed by atoms with Gasteiger partial charge in [-0.05, 0) is 71.9 Å². The van der Waals surface area contributed by atoms with Gasteiger partial charge in [-0.15, -0.1) is 11.3 Å². The highest BCUT2D eigenvalue weighted by Crippen LogP contribution is 2.42. The maximum absolute atomic E-state index is 16.3. The predicted molar refractivity (Wildman–Crippen MR) is 220 cm³/mol. The van der Waals surface area contributed by atoms with Gasteiger partial charge in [-0.2, -0.15) is 0 Å². The van der Waals surface area contributed by atoms with E-state index in [1.165, 1.54) is 29.7 Å². The number of aromatic nitrogens is 3. The van der Waals surface area contributed by atoms with Gasteiger partial charge in [-0.3, -0.25) is 4.72 Å². The maximum atomic E-state index is 16.3. The Balaban J connectivity index is 1.58. The summed E-state index contributed by atoms with van der Waals surface area (Å²) in [5.74, 6) is -3.70. The number of carbonyl (C=O) groups is 3. The average Bonchev–Trinajstić information content (AvgIpc) is 3.57. The van der Waals surface area contributed by atoms with Gasteiger partial charge in [0.15, 0.2) is 10.7 Å². The number of halogens is 3. The predicted octanol–water partition coefficient (Wildman–Crippen LogP) is 7.34. The molecule has 3 amide bonds. The fourth-order valence-electron chi connectivity index (χ4n) is 5.02. The van der Waals surface area contributed by atoms with E-state index in [-0.39, 0.29) is 43.4 Å². The Kier molecular flexibility index (Phi) is 15.0. The second-order valence-corrected chi connectivity index (χ2v) is 18.8. The fraction of sp³-hybridized carbons (Fsp3) is 0.436. The zero-order valence-electron chi connectivity index (χ0n) is 34.6. The van der Waals surface area contributed by atoms with E-state index in [4.69, 9.17) is 19.2 Å². The average molecular weight is 879 g/mol. The Morgan fingerprint density at radius 1 is 0.800 bits per heavy atom. The largest absolute Gasteiger partial charge is 0.448 e. The topological polar surface area (TPSA) is 212 Å². The molecule has 0 spiro atoms. The summed E-state index contributed by atoms with van der Waals surface area (Å²) in [6.07, 6.45) is -0.846. The summed E-state index contributed by atoms with van der Waals surface area (Å²) in [6.45, 7) is 15.5. The van der Waals surface area contributed by atoms with Crippen molar-refractivity contribution in [1.82, 2.24) is 30.9 Å². The van der Waals surface area contributed by atoms with Crippen LogP contribution in [0, 0.1) is 17.5 Å². The number of hydrogen-bond donors (Lipinski definition) is 5. The van der Waals surface area contributed by atoms with Gasteiger partial charge in [0, 0.05) is 30.3 Å². The molecule has 0 fully saturated rings. The molecule has 0 saturated heterocycles. The maximum Gasteiger partial charge on any atom is 0.407 e. The van der Waals surface area contributed by atoms with Gasteiger partial charge in [0.25, 0.3) is 10.0 Å². The molecule has 1 atom stereocenters. The lowest BCUT2D eigenvalue weighted by Crippen LogP contribution is -2.48. The molecule has 326 valence electrons. The highest BCUT2D eigenvalue weighted by molar-refractivity contribution is 7.92. The lowest BCUT2D eigenvalue weighted by molar-refractivity contribution is 0.0509.